The number of β-amino-alcohol motifs (C(OH)–C–C–N with tert-alkyl or cyclic N) is 1. The van der Waals surface area contributed by atoms with Crippen LogP contribution in [0.5, 0.6) is 0 Å². The van der Waals surface area contributed by atoms with E-state index in [9.17, 15) is 14.6 Å². The molecule has 0 saturated carbocycles. The van der Waals surface area contributed by atoms with Crippen LogP contribution in [0, 0.1) is 12.9 Å². The monoisotopic (exact) mass is 238 g/mol. The molecule has 2 unspecified atom stereocenters. The van der Waals surface area contributed by atoms with Gasteiger partial charge in [-0.2, -0.15) is 0 Å². The van der Waals surface area contributed by atoms with Crippen molar-refractivity contribution < 1.29 is 14.6 Å². The highest BCUT2D eigenvalue weighted by Crippen LogP contribution is 2.39. The SMILES string of the molecule is [CH2-]N1CCC(O)(c2ccc(F)cc2)C(C)(O)C1. The van der Waals surface area contributed by atoms with Crippen LogP contribution >= 0.6 is 0 Å². The van der Waals surface area contributed by atoms with Crippen LogP contribution in [-0.2, 0) is 5.60 Å². The van der Waals surface area contributed by atoms with Gasteiger partial charge in [-0.15, -0.1) is 0 Å². The number of benzene rings is 1. The van der Waals surface area contributed by atoms with Crippen molar-refractivity contribution in [2.24, 2.45) is 0 Å². The number of nitrogens with zero attached hydrogens (tertiary/aromatic N) is 1. The molecule has 94 valence electrons. The highest BCUT2D eigenvalue weighted by molar-refractivity contribution is 5.28. The second-order valence-electron chi connectivity index (χ2n) is 4.94. The van der Waals surface area contributed by atoms with E-state index in [1.54, 1.807) is 11.8 Å². The average Bonchev–Trinajstić information content (AvgIpc) is 2.24. The Labute approximate surface area is 100 Å². The Morgan fingerprint density at radius 2 is 1.88 bits per heavy atom. The molecule has 3 nitrogen and oxygen atoms in total. The Hall–Kier alpha value is -0.970. The first-order chi connectivity index (χ1) is 7.85. The third-order valence-corrected chi connectivity index (χ3v) is 3.53. The summed E-state index contributed by atoms with van der Waals surface area (Å²) in [5.41, 5.74) is -2.11. The minimum atomic E-state index is -1.35. The van der Waals surface area contributed by atoms with Crippen molar-refractivity contribution in [1.82, 2.24) is 4.90 Å². The van der Waals surface area contributed by atoms with Gasteiger partial charge in [-0.05, 0) is 37.6 Å². The summed E-state index contributed by atoms with van der Waals surface area (Å²) in [6, 6.07) is 5.62. The second-order valence-corrected chi connectivity index (χ2v) is 4.94. The van der Waals surface area contributed by atoms with Crippen LogP contribution in [0.1, 0.15) is 18.9 Å². The summed E-state index contributed by atoms with van der Waals surface area (Å²) in [6.07, 6.45) is 0.370. The van der Waals surface area contributed by atoms with Gasteiger partial charge < -0.3 is 15.1 Å². The number of halogens is 1. The molecule has 0 spiro atoms. The molecular weight excluding hydrogens is 221 g/mol. The molecule has 1 fully saturated rings. The maximum absolute atomic E-state index is 12.9. The van der Waals surface area contributed by atoms with Crippen LogP contribution in [-0.4, -0.2) is 33.8 Å². The first-order valence-corrected chi connectivity index (χ1v) is 5.61. The lowest BCUT2D eigenvalue weighted by molar-refractivity contribution is -0.181. The molecular formula is C13H17FNO2-. The van der Waals surface area contributed by atoms with E-state index in [-0.39, 0.29) is 12.4 Å². The van der Waals surface area contributed by atoms with Crippen molar-refractivity contribution in [3.63, 3.8) is 0 Å². The Kier molecular flexibility index (Phi) is 2.97. The van der Waals surface area contributed by atoms with Crippen molar-refractivity contribution in [1.29, 1.82) is 0 Å². The largest absolute Gasteiger partial charge is 0.457 e. The molecule has 0 aromatic heterocycles. The minimum absolute atomic E-state index is 0.279. The summed E-state index contributed by atoms with van der Waals surface area (Å²) >= 11 is 0. The maximum Gasteiger partial charge on any atom is 0.123 e. The summed E-state index contributed by atoms with van der Waals surface area (Å²) < 4.78 is 12.9. The zero-order chi connectivity index (χ0) is 12.7. The summed E-state index contributed by atoms with van der Waals surface area (Å²) in [7, 11) is 3.77. The fourth-order valence-electron chi connectivity index (χ4n) is 2.42. The van der Waals surface area contributed by atoms with Gasteiger partial charge in [-0.3, -0.25) is 7.05 Å². The molecule has 1 aromatic carbocycles. The maximum atomic E-state index is 12.9. The Morgan fingerprint density at radius 1 is 1.29 bits per heavy atom. The fourth-order valence-corrected chi connectivity index (χ4v) is 2.42. The molecule has 0 radical (unpaired) electrons. The molecule has 1 aliphatic heterocycles. The van der Waals surface area contributed by atoms with Gasteiger partial charge in [0, 0.05) is 6.54 Å². The molecule has 1 saturated heterocycles. The van der Waals surface area contributed by atoms with Crippen molar-refractivity contribution in [2.45, 2.75) is 24.5 Å². The van der Waals surface area contributed by atoms with Gasteiger partial charge in [0.05, 0.1) is 0 Å². The first kappa shape index (κ1) is 12.5. The lowest BCUT2D eigenvalue weighted by Crippen LogP contribution is -2.60. The number of rotatable bonds is 1. The zero-order valence-corrected chi connectivity index (χ0v) is 9.86. The van der Waals surface area contributed by atoms with Crippen molar-refractivity contribution >= 4 is 0 Å². The van der Waals surface area contributed by atoms with Gasteiger partial charge in [-0.25, -0.2) is 4.39 Å². The van der Waals surface area contributed by atoms with E-state index >= 15 is 0 Å². The molecule has 1 aliphatic rings. The van der Waals surface area contributed by atoms with Gasteiger partial charge in [0.15, 0.2) is 0 Å². The van der Waals surface area contributed by atoms with E-state index in [4.69, 9.17) is 0 Å². The van der Waals surface area contributed by atoms with Gasteiger partial charge in [0.2, 0.25) is 0 Å². The Bertz CT molecular complexity index is 404. The Balaban J connectivity index is 2.37. The van der Waals surface area contributed by atoms with Crippen LogP contribution in [0.15, 0.2) is 24.3 Å². The standard InChI is InChI=1S/C13H17FNO2/c1-12(16)9-15(2)8-7-13(12,17)10-3-5-11(14)6-4-10/h3-6,16-17H,2,7-9H2,1H3/q-1. The third kappa shape index (κ3) is 2.08. The van der Waals surface area contributed by atoms with Crippen LogP contribution in [0.2, 0.25) is 0 Å². The smallest absolute Gasteiger partial charge is 0.123 e. The Morgan fingerprint density at radius 3 is 2.41 bits per heavy atom. The summed E-state index contributed by atoms with van der Waals surface area (Å²) in [4.78, 5) is 1.72. The van der Waals surface area contributed by atoms with E-state index in [1.165, 1.54) is 24.3 Å². The molecule has 0 bridgehead atoms. The lowest BCUT2D eigenvalue weighted by atomic mass is 9.73. The van der Waals surface area contributed by atoms with Crippen LogP contribution in [0.3, 0.4) is 0 Å². The molecule has 2 N–H and O–H groups in total. The minimum Gasteiger partial charge on any atom is -0.457 e. The van der Waals surface area contributed by atoms with E-state index < -0.39 is 11.2 Å². The van der Waals surface area contributed by atoms with E-state index in [2.05, 4.69) is 7.05 Å². The molecule has 17 heavy (non-hydrogen) atoms. The summed E-state index contributed by atoms with van der Waals surface area (Å²) in [5.74, 6) is -0.355. The predicted molar refractivity (Wildman–Crippen MR) is 62.5 cm³/mol. The zero-order valence-electron chi connectivity index (χ0n) is 9.86. The van der Waals surface area contributed by atoms with Crippen LogP contribution < -0.4 is 0 Å². The summed E-state index contributed by atoms with van der Waals surface area (Å²) in [6.45, 7) is 2.44. The molecule has 1 heterocycles. The summed E-state index contributed by atoms with van der Waals surface area (Å²) in [5, 5.41) is 21.0. The molecule has 2 rings (SSSR count). The quantitative estimate of drug-likeness (QED) is 0.724. The molecule has 4 heteroatoms. The van der Waals surface area contributed by atoms with Crippen molar-refractivity contribution in [3.8, 4) is 0 Å². The third-order valence-electron chi connectivity index (χ3n) is 3.53. The van der Waals surface area contributed by atoms with Gasteiger partial charge in [-0.1, -0.05) is 12.1 Å². The van der Waals surface area contributed by atoms with Gasteiger partial charge in [0.25, 0.3) is 0 Å². The molecule has 0 amide bonds. The second kappa shape index (κ2) is 4.05. The number of piperidine rings is 1. The number of likely N-dealkylation sites (tertiary alicyclic amines) is 1. The molecule has 1 aromatic rings. The van der Waals surface area contributed by atoms with E-state index in [0.717, 1.165) is 0 Å². The normalized spacial score (nSPS) is 34.9. The highest BCUT2D eigenvalue weighted by Gasteiger charge is 2.48. The van der Waals surface area contributed by atoms with Crippen LogP contribution in [0.25, 0.3) is 0 Å². The number of hydrogen-bond donors (Lipinski definition) is 2. The predicted octanol–water partition coefficient (Wildman–Crippen LogP) is 1.26. The van der Waals surface area contributed by atoms with Gasteiger partial charge >= 0.3 is 0 Å². The van der Waals surface area contributed by atoms with Crippen LogP contribution in [0.4, 0.5) is 4.39 Å². The number of hydrogen-bond acceptors (Lipinski definition) is 3. The lowest BCUT2D eigenvalue weighted by Gasteiger charge is -2.51. The highest BCUT2D eigenvalue weighted by atomic mass is 19.1. The van der Waals surface area contributed by atoms with Gasteiger partial charge in [0.1, 0.15) is 17.0 Å². The topological polar surface area (TPSA) is 43.7 Å². The first-order valence-electron chi connectivity index (χ1n) is 5.61. The van der Waals surface area contributed by atoms with E-state index in [1.807, 2.05) is 0 Å². The van der Waals surface area contributed by atoms with Crippen molar-refractivity contribution in [3.05, 3.63) is 42.7 Å². The van der Waals surface area contributed by atoms with Crippen molar-refractivity contribution in [2.75, 3.05) is 13.1 Å². The van der Waals surface area contributed by atoms with E-state index in [0.29, 0.717) is 18.5 Å². The molecule has 0 aliphatic carbocycles. The molecule has 2 atom stereocenters. The average molecular weight is 238 g/mol. The number of aliphatic hydroxyl groups is 2. The fraction of sp³-hybridized carbons (Fsp3) is 0.462.